The highest BCUT2D eigenvalue weighted by Crippen LogP contribution is 2.48. The molecule has 0 bridgehead atoms. The smallest absolute Gasteiger partial charge is 0.445 e. The Kier molecular flexibility index (Phi) is 3.26. The fourth-order valence-electron chi connectivity index (χ4n) is 1.93. The molecule has 1 aliphatic heterocycles. The summed E-state index contributed by atoms with van der Waals surface area (Å²) < 4.78 is 49.7. The lowest BCUT2D eigenvalue weighted by molar-refractivity contribution is -0.239. The summed E-state index contributed by atoms with van der Waals surface area (Å²) >= 11 is 0. The van der Waals surface area contributed by atoms with Crippen molar-refractivity contribution >= 4 is 11.8 Å². The zero-order chi connectivity index (χ0) is 15.0. The number of halogens is 3. The Hall–Kier alpha value is -2.36. The van der Waals surface area contributed by atoms with Crippen LogP contribution >= 0.6 is 0 Å². The van der Waals surface area contributed by atoms with Crippen molar-refractivity contribution in [3.8, 4) is 17.6 Å². The number of anilines is 1. The van der Waals surface area contributed by atoms with E-state index in [1.54, 1.807) is 0 Å². The topological polar surface area (TPSA) is 47.6 Å². The fraction of sp³-hybridized carbons (Fsp3) is 0.308. The third-order valence-electron chi connectivity index (χ3n) is 2.79. The number of carbonyl (C=O) groups is 1. The maximum absolute atomic E-state index is 13.4. The minimum atomic E-state index is -4.88. The second-order valence-electron chi connectivity index (χ2n) is 3.98. The zero-order valence-corrected chi connectivity index (χ0v) is 10.6. The first-order chi connectivity index (χ1) is 9.34. The number of cyclic esters (lactones) is 1. The molecule has 0 saturated carbocycles. The van der Waals surface area contributed by atoms with Gasteiger partial charge in [-0.3, -0.25) is 5.32 Å². The number of amides is 1. The number of nitrogens with one attached hydrogen (secondary N) is 1. The van der Waals surface area contributed by atoms with Crippen LogP contribution in [-0.4, -0.2) is 19.4 Å². The average Bonchev–Trinajstić information content (AvgIpc) is 2.37. The summed E-state index contributed by atoms with van der Waals surface area (Å²) in [5, 5.41) is 2.21. The molecule has 1 unspecified atom stereocenters. The molecule has 1 atom stereocenters. The highest BCUT2D eigenvalue weighted by molar-refractivity contribution is 5.90. The summed E-state index contributed by atoms with van der Waals surface area (Å²) in [6.07, 6.45) is -6.09. The van der Waals surface area contributed by atoms with Crippen LogP contribution in [-0.2, 0) is 10.3 Å². The average molecular weight is 285 g/mol. The van der Waals surface area contributed by atoms with Gasteiger partial charge in [-0.1, -0.05) is 0 Å². The molecule has 1 aromatic carbocycles. The highest BCUT2D eigenvalue weighted by Gasteiger charge is 2.61. The van der Waals surface area contributed by atoms with Crippen molar-refractivity contribution in [1.29, 1.82) is 0 Å². The summed E-state index contributed by atoms with van der Waals surface area (Å²) in [6.45, 7) is 1.24. The molecule has 0 aliphatic carbocycles. The van der Waals surface area contributed by atoms with E-state index >= 15 is 0 Å². The number of carbonyl (C=O) groups excluding carboxylic acids is 1. The van der Waals surface area contributed by atoms with Crippen molar-refractivity contribution in [2.45, 2.75) is 18.7 Å². The van der Waals surface area contributed by atoms with Gasteiger partial charge in [0.2, 0.25) is 0 Å². The number of hydrogen-bond donors (Lipinski definition) is 1. The van der Waals surface area contributed by atoms with Crippen LogP contribution in [0.2, 0.25) is 0 Å². The van der Waals surface area contributed by atoms with Gasteiger partial charge in [0.1, 0.15) is 5.75 Å². The number of methoxy groups -OCH3 is 1. The SMILES string of the molecule is CC#CC1(C(F)(F)F)OC(=O)Nc2ccc(OC)cc21. The number of hydrogen-bond acceptors (Lipinski definition) is 3. The Morgan fingerprint density at radius 2 is 2.10 bits per heavy atom. The number of ether oxygens (including phenoxy) is 2. The largest absolute Gasteiger partial charge is 0.497 e. The fourth-order valence-corrected chi connectivity index (χ4v) is 1.93. The Morgan fingerprint density at radius 1 is 1.40 bits per heavy atom. The van der Waals surface area contributed by atoms with Gasteiger partial charge in [0.15, 0.2) is 0 Å². The number of fused-ring (bicyclic) bond motifs is 1. The van der Waals surface area contributed by atoms with Gasteiger partial charge in [0, 0.05) is 5.56 Å². The third kappa shape index (κ3) is 2.03. The molecule has 1 N–H and O–H groups in total. The standard InChI is InChI=1S/C13H10F3NO3/c1-3-6-12(13(14,15)16)9-7-8(19-2)4-5-10(9)17-11(18)20-12/h4-5,7H,1-2H3,(H,17,18). The van der Waals surface area contributed by atoms with Crippen molar-refractivity contribution in [3.63, 3.8) is 0 Å². The summed E-state index contributed by atoms with van der Waals surface area (Å²) in [5.41, 5.74) is -3.31. The molecule has 106 valence electrons. The van der Waals surface area contributed by atoms with Crippen LogP contribution in [0.25, 0.3) is 0 Å². The zero-order valence-electron chi connectivity index (χ0n) is 10.6. The monoisotopic (exact) mass is 285 g/mol. The minimum Gasteiger partial charge on any atom is -0.497 e. The van der Waals surface area contributed by atoms with Crippen LogP contribution in [0.3, 0.4) is 0 Å². The quantitative estimate of drug-likeness (QED) is 0.807. The lowest BCUT2D eigenvalue weighted by Gasteiger charge is -2.35. The Bertz CT molecular complexity index is 616. The summed E-state index contributed by atoms with van der Waals surface area (Å²) in [5.74, 6) is 4.33. The van der Waals surface area contributed by atoms with Gasteiger partial charge in [-0.25, -0.2) is 4.79 Å². The van der Waals surface area contributed by atoms with Crippen molar-refractivity contribution in [2.24, 2.45) is 0 Å². The predicted molar refractivity (Wildman–Crippen MR) is 64.3 cm³/mol. The van der Waals surface area contributed by atoms with Crippen LogP contribution in [0, 0.1) is 11.8 Å². The molecule has 1 amide bonds. The number of rotatable bonds is 1. The van der Waals surface area contributed by atoms with Gasteiger partial charge < -0.3 is 9.47 Å². The molecule has 1 aliphatic rings. The molecule has 0 aromatic heterocycles. The van der Waals surface area contributed by atoms with E-state index in [0.29, 0.717) is 0 Å². The second kappa shape index (κ2) is 4.63. The molecule has 2 rings (SSSR count). The molecule has 0 saturated heterocycles. The summed E-state index contributed by atoms with van der Waals surface area (Å²) in [7, 11) is 1.32. The third-order valence-corrected chi connectivity index (χ3v) is 2.79. The molecule has 1 aromatic rings. The number of benzene rings is 1. The lowest BCUT2D eigenvalue weighted by atomic mass is 9.90. The minimum absolute atomic E-state index is 0.0119. The molecule has 0 fully saturated rings. The van der Waals surface area contributed by atoms with E-state index < -0.39 is 17.9 Å². The van der Waals surface area contributed by atoms with Gasteiger partial charge in [-0.05, 0) is 31.0 Å². The molecule has 1 heterocycles. The van der Waals surface area contributed by atoms with E-state index in [9.17, 15) is 18.0 Å². The Morgan fingerprint density at radius 3 is 2.65 bits per heavy atom. The first-order valence-electron chi connectivity index (χ1n) is 5.53. The van der Waals surface area contributed by atoms with Crippen LogP contribution < -0.4 is 10.1 Å². The van der Waals surface area contributed by atoms with E-state index in [-0.39, 0.29) is 17.0 Å². The van der Waals surface area contributed by atoms with Gasteiger partial charge in [-0.2, -0.15) is 13.2 Å². The summed E-state index contributed by atoms with van der Waals surface area (Å²) in [4.78, 5) is 11.4. The van der Waals surface area contributed by atoms with Crippen molar-refractivity contribution in [1.82, 2.24) is 0 Å². The molecular weight excluding hydrogens is 275 g/mol. The van der Waals surface area contributed by atoms with Gasteiger partial charge in [0.05, 0.1) is 12.8 Å². The van der Waals surface area contributed by atoms with E-state index in [2.05, 4.69) is 16.0 Å². The van der Waals surface area contributed by atoms with Gasteiger partial charge in [-0.15, -0.1) is 5.92 Å². The second-order valence-corrected chi connectivity index (χ2v) is 3.98. The molecule has 0 radical (unpaired) electrons. The summed E-state index contributed by atoms with van der Waals surface area (Å²) in [6, 6.07) is 3.89. The number of alkyl halides is 3. The maximum atomic E-state index is 13.4. The van der Waals surface area contributed by atoms with E-state index in [1.807, 2.05) is 5.92 Å². The predicted octanol–water partition coefficient (Wildman–Crippen LogP) is 3.04. The van der Waals surface area contributed by atoms with Gasteiger partial charge in [0.25, 0.3) is 5.60 Å². The molecule has 20 heavy (non-hydrogen) atoms. The van der Waals surface area contributed by atoms with Crippen LogP contribution in [0.15, 0.2) is 18.2 Å². The molecule has 0 spiro atoms. The van der Waals surface area contributed by atoms with Gasteiger partial charge >= 0.3 is 12.3 Å². The first kappa shape index (κ1) is 14.1. The van der Waals surface area contributed by atoms with Crippen molar-refractivity contribution < 1.29 is 27.4 Å². The van der Waals surface area contributed by atoms with Crippen LogP contribution in [0.5, 0.6) is 5.75 Å². The Labute approximate surface area is 112 Å². The molecular formula is C13H10F3NO3. The lowest BCUT2D eigenvalue weighted by Crippen LogP contribution is -2.49. The van der Waals surface area contributed by atoms with E-state index in [1.165, 1.54) is 26.2 Å². The maximum Gasteiger partial charge on any atom is 0.445 e. The van der Waals surface area contributed by atoms with Crippen LogP contribution in [0.1, 0.15) is 12.5 Å². The molecule has 7 heteroatoms. The van der Waals surface area contributed by atoms with E-state index in [0.717, 1.165) is 6.07 Å². The van der Waals surface area contributed by atoms with Crippen molar-refractivity contribution in [2.75, 3.05) is 12.4 Å². The Balaban J connectivity index is 2.76. The highest BCUT2D eigenvalue weighted by atomic mass is 19.4. The van der Waals surface area contributed by atoms with Crippen LogP contribution in [0.4, 0.5) is 23.7 Å². The van der Waals surface area contributed by atoms with E-state index in [4.69, 9.17) is 4.74 Å². The van der Waals surface area contributed by atoms with Crippen molar-refractivity contribution in [3.05, 3.63) is 23.8 Å². The normalized spacial score (nSPS) is 20.9. The first-order valence-corrected chi connectivity index (χ1v) is 5.53. The molecule has 4 nitrogen and oxygen atoms in total.